The Kier molecular flexibility index (Phi) is 5.02. The molecular formula is C17H16FN3OS. The van der Waals surface area contributed by atoms with Crippen LogP contribution < -0.4 is 0 Å². The number of benzene rings is 1. The number of nitrogens with zero attached hydrogens (tertiary/aromatic N) is 3. The Morgan fingerprint density at radius 1 is 1.30 bits per heavy atom. The van der Waals surface area contributed by atoms with Gasteiger partial charge in [-0.3, -0.25) is 4.98 Å². The van der Waals surface area contributed by atoms with Crippen molar-refractivity contribution >= 4 is 16.7 Å². The van der Waals surface area contributed by atoms with Crippen molar-refractivity contribution in [1.29, 1.82) is 5.26 Å². The molecule has 118 valence electrons. The van der Waals surface area contributed by atoms with E-state index in [0.717, 1.165) is 0 Å². The Labute approximate surface area is 137 Å². The molecular weight excluding hydrogens is 313 g/mol. The van der Waals surface area contributed by atoms with Gasteiger partial charge in [0.15, 0.2) is 0 Å². The first-order chi connectivity index (χ1) is 10.8. The predicted molar refractivity (Wildman–Crippen MR) is 88.9 cm³/mol. The van der Waals surface area contributed by atoms with Gasteiger partial charge in [-0.25, -0.2) is 8.60 Å². The summed E-state index contributed by atoms with van der Waals surface area (Å²) in [6.07, 6.45) is 3.19. The zero-order chi connectivity index (χ0) is 17.0. The minimum atomic E-state index is -1.51. The van der Waals surface area contributed by atoms with Crippen molar-refractivity contribution < 1.29 is 8.60 Å². The van der Waals surface area contributed by atoms with Crippen LogP contribution >= 0.6 is 0 Å². The molecule has 0 amide bonds. The van der Waals surface area contributed by atoms with Gasteiger partial charge in [-0.1, -0.05) is 6.07 Å². The third-order valence-corrected chi connectivity index (χ3v) is 4.39. The molecule has 0 aliphatic heterocycles. The third kappa shape index (κ3) is 4.08. The van der Waals surface area contributed by atoms with Crippen LogP contribution in [0.2, 0.25) is 0 Å². The lowest BCUT2D eigenvalue weighted by Crippen LogP contribution is -2.21. The van der Waals surface area contributed by atoms with Crippen LogP contribution in [-0.4, -0.2) is 19.7 Å². The van der Waals surface area contributed by atoms with E-state index < -0.39 is 21.5 Å². The maximum atomic E-state index is 13.9. The summed E-state index contributed by atoms with van der Waals surface area (Å²) in [4.78, 5) is 4.03. The smallest absolute Gasteiger partial charge is 0.145 e. The molecule has 1 aromatic carbocycles. The molecule has 0 aliphatic rings. The van der Waals surface area contributed by atoms with E-state index in [1.165, 1.54) is 12.1 Å². The Bertz CT molecular complexity index is 805. The van der Waals surface area contributed by atoms with Crippen LogP contribution in [0.25, 0.3) is 0 Å². The van der Waals surface area contributed by atoms with Crippen LogP contribution in [0.3, 0.4) is 0 Å². The molecule has 1 aromatic heterocycles. The number of halogens is 1. The minimum Gasteiger partial charge on any atom is -0.264 e. The summed E-state index contributed by atoms with van der Waals surface area (Å²) < 4.78 is 30.1. The highest BCUT2D eigenvalue weighted by molar-refractivity contribution is 7.85. The van der Waals surface area contributed by atoms with Gasteiger partial charge < -0.3 is 0 Å². The maximum absolute atomic E-state index is 13.9. The van der Waals surface area contributed by atoms with E-state index >= 15 is 0 Å². The van der Waals surface area contributed by atoms with Gasteiger partial charge >= 0.3 is 0 Å². The lowest BCUT2D eigenvalue weighted by molar-refractivity contribution is 0.623. The fraction of sp³-hybridized carbons (Fsp3) is 0.235. The summed E-state index contributed by atoms with van der Waals surface area (Å²) >= 11 is 0. The van der Waals surface area contributed by atoms with Crippen molar-refractivity contribution in [1.82, 2.24) is 4.98 Å². The molecule has 1 heterocycles. The molecule has 1 unspecified atom stereocenters. The van der Waals surface area contributed by atoms with E-state index in [1.54, 1.807) is 36.7 Å². The van der Waals surface area contributed by atoms with Crippen molar-refractivity contribution in [2.24, 2.45) is 4.40 Å². The lowest BCUT2D eigenvalue weighted by Gasteiger charge is -2.15. The van der Waals surface area contributed by atoms with Crippen LogP contribution in [-0.2, 0) is 11.0 Å². The van der Waals surface area contributed by atoms with Crippen LogP contribution in [0.4, 0.5) is 4.39 Å². The van der Waals surface area contributed by atoms with Crippen LogP contribution in [0.15, 0.2) is 47.1 Å². The predicted octanol–water partition coefficient (Wildman–Crippen LogP) is 3.39. The summed E-state index contributed by atoms with van der Waals surface area (Å²) in [6, 6.07) is 9.47. The summed E-state index contributed by atoms with van der Waals surface area (Å²) in [5, 5.41) is 8.84. The highest BCUT2D eigenvalue weighted by atomic mass is 32.2. The molecule has 4 nitrogen and oxygen atoms in total. The Morgan fingerprint density at radius 3 is 2.57 bits per heavy atom. The molecule has 2 rings (SSSR count). The number of aromatic nitrogens is 1. The van der Waals surface area contributed by atoms with Gasteiger partial charge in [-0.15, -0.1) is 0 Å². The molecule has 0 aliphatic carbocycles. The normalized spacial score (nSPS) is 13.4. The first-order valence-corrected chi connectivity index (χ1v) is 8.04. The zero-order valence-electron chi connectivity index (χ0n) is 13.1. The number of pyridine rings is 1. The van der Waals surface area contributed by atoms with Gasteiger partial charge in [0, 0.05) is 23.5 Å². The summed E-state index contributed by atoms with van der Waals surface area (Å²) in [6.45, 7) is 5.44. The topological polar surface area (TPSA) is 66.1 Å². The number of hydrogen-bond donors (Lipinski definition) is 0. The molecule has 23 heavy (non-hydrogen) atoms. The Morgan fingerprint density at radius 2 is 2.04 bits per heavy atom. The fourth-order valence-corrected chi connectivity index (χ4v) is 2.40. The lowest BCUT2D eigenvalue weighted by atomic mass is 10.0. The summed E-state index contributed by atoms with van der Waals surface area (Å²) in [7, 11) is -1.51. The molecule has 0 fully saturated rings. The standard InChI is InChI=1S/C17H16FN3OS/c1-17(2,3)23(22)21-16(14-5-4-8-20-11-14)12-6-7-13(10-19)15(18)9-12/h4-9,11H,1-3H3/b21-16-. The summed E-state index contributed by atoms with van der Waals surface area (Å²) in [5.41, 5.74) is 1.42. The maximum Gasteiger partial charge on any atom is 0.145 e. The van der Waals surface area contributed by atoms with Gasteiger partial charge in [-0.05, 0) is 45.0 Å². The largest absolute Gasteiger partial charge is 0.264 e. The monoisotopic (exact) mass is 329 g/mol. The van der Waals surface area contributed by atoms with E-state index in [0.29, 0.717) is 16.8 Å². The van der Waals surface area contributed by atoms with Gasteiger partial charge in [-0.2, -0.15) is 9.66 Å². The van der Waals surface area contributed by atoms with E-state index in [-0.39, 0.29) is 5.56 Å². The van der Waals surface area contributed by atoms with Gasteiger partial charge in [0.25, 0.3) is 0 Å². The van der Waals surface area contributed by atoms with E-state index in [1.807, 2.05) is 20.8 Å². The molecule has 2 aromatic rings. The van der Waals surface area contributed by atoms with Crippen molar-refractivity contribution in [2.75, 3.05) is 0 Å². The van der Waals surface area contributed by atoms with Crippen molar-refractivity contribution in [3.63, 3.8) is 0 Å². The SMILES string of the molecule is CC(C)(C)S(=O)/N=C(\c1cccnc1)c1ccc(C#N)c(F)c1. The summed E-state index contributed by atoms with van der Waals surface area (Å²) in [5.74, 6) is -0.636. The minimum absolute atomic E-state index is 0.0452. The molecule has 1 atom stereocenters. The molecule has 0 bridgehead atoms. The molecule has 0 saturated carbocycles. The van der Waals surface area contributed by atoms with Crippen molar-refractivity contribution in [3.8, 4) is 6.07 Å². The van der Waals surface area contributed by atoms with E-state index in [4.69, 9.17) is 5.26 Å². The van der Waals surface area contributed by atoms with Crippen molar-refractivity contribution in [2.45, 2.75) is 25.5 Å². The Hall–Kier alpha value is -2.39. The Balaban J connectivity index is 2.60. The second-order valence-corrected chi connectivity index (χ2v) is 7.76. The van der Waals surface area contributed by atoms with Gasteiger partial charge in [0.05, 0.1) is 16.0 Å². The molecule has 0 N–H and O–H groups in total. The zero-order valence-corrected chi connectivity index (χ0v) is 13.9. The highest BCUT2D eigenvalue weighted by Crippen LogP contribution is 2.19. The van der Waals surface area contributed by atoms with Crippen LogP contribution in [0.5, 0.6) is 0 Å². The quantitative estimate of drug-likeness (QED) is 0.811. The number of hydrogen-bond acceptors (Lipinski definition) is 3. The fourth-order valence-electron chi connectivity index (χ4n) is 1.75. The van der Waals surface area contributed by atoms with Gasteiger partial charge in [0.1, 0.15) is 22.9 Å². The average Bonchev–Trinajstić information content (AvgIpc) is 2.52. The first-order valence-electron chi connectivity index (χ1n) is 6.94. The van der Waals surface area contributed by atoms with Gasteiger partial charge in [0.2, 0.25) is 0 Å². The molecule has 0 spiro atoms. The molecule has 0 radical (unpaired) electrons. The van der Waals surface area contributed by atoms with Crippen LogP contribution in [0.1, 0.15) is 37.5 Å². The average molecular weight is 329 g/mol. The van der Waals surface area contributed by atoms with Crippen LogP contribution in [0, 0.1) is 17.1 Å². The number of nitriles is 1. The third-order valence-electron chi connectivity index (χ3n) is 3.00. The van der Waals surface area contributed by atoms with E-state index in [9.17, 15) is 8.60 Å². The second-order valence-electron chi connectivity index (χ2n) is 5.85. The highest BCUT2D eigenvalue weighted by Gasteiger charge is 2.21. The molecule has 0 saturated heterocycles. The van der Waals surface area contributed by atoms with E-state index in [2.05, 4.69) is 9.38 Å². The number of rotatable bonds is 3. The first kappa shape index (κ1) is 17.0. The molecule has 6 heteroatoms. The second kappa shape index (κ2) is 6.80. The van der Waals surface area contributed by atoms with Crippen molar-refractivity contribution in [3.05, 3.63) is 65.2 Å².